The number of phosphoric ester groups is 1. The van der Waals surface area contributed by atoms with Crippen LogP contribution in [0.4, 0.5) is 0 Å². The number of nitrogens with one attached hydrogen (secondary N) is 1. The summed E-state index contributed by atoms with van der Waals surface area (Å²) >= 11 is 0. The summed E-state index contributed by atoms with van der Waals surface area (Å²) in [6, 6.07) is -0.863. The van der Waals surface area contributed by atoms with Gasteiger partial charge in [-0.05, 0) is 44.9 Å². The van der Waals surface area contributed by atoms with Gasteiger partial charge in [-0.2, -0.15) is 0 Å². The fourth-order valence-electron chi connectivity index (χ4n) is 5.72. The number of phosphoric acid groups is 1. The van der Waals surface area contributed by atoms with Crippen molar-refractivity contribution in [3.8, 4) is 0 Å². The number of carbonyl (C=O) groups is 1. The van der Waals surface area contributed by atoms with Crippen molar-refractivity contribution in [2.24, 2.45) is 0 Å². The van der Waals surface area contributed by atoms with Crippen molar-refractivity contribution in [3.05, 3.63) is 36.5 Å². The Morgan fingerprint density at radius 3 is 1.57 bits per heavy atom. The molecule has 1 amide bonds. The van der Waals surface area contributed by atoms with Crippen LogP contribution in [0.1, 0.15) is 174 Å². The zero-order valence-corrected chi connectivity index (χ0v) is 34.7. The number of nitrogens with zero attached hydrogens (tertiary/aromatic N) is 1. The van der Waals surface area contributed by atoms with Gasteiger partial charge in [-0.25, -0.2) is 4.57 Å². The van der Waals surface area contributed by atoms with Crippen LogP contribution in [-0.4, -0.2) is 73.4 Å². The van der Waals surface area contributed by atoms with Gasteiger partial charge in [-0.15, -0.1) is 0 Å². The summed E-state index contributed by atoms with van der Waals surface area (Å²) in [5, 5.41) is 13.7. The number of likely N-dealkylation sites (N-methyl/N-ethyl adjacent to an activating group) is 1. The zero-order valence-electron chi connectivity index (χ0n) is 33.8. The van der Waals surface area contributed by atoms with Gasteiger partial charge in [0, 0.05) is 6.42 Å². The number of carbonyl (C=O) groups excluding carboxylic acids is 1. The van der Waals surface area contributed by atoms with E-state index in [-0.39, 0.29) is 19.1 Å². The van der Waals surface area contributed by atoms with E-state index in [0.29, 0.717) is 17.4 Å². The first-order chi connectivity index (χ1) is 24.5. The Balaban J connectivity index is 4.38. The molecule has 0 aliphatic heterocycles. The highest BCUT2D eigenvalue weighted by Gasteiger charge is 2.27. The summed E-state index contributed by atoms with van der Waals surface area (Å²) in [5.41, 5.74) is 0. The van der Waals surface area contributed by atoms with Crippen LogP contribution in [0, 0.1) is 0 Å². The van der Waals surface area contributed by atoms with E-state index in [1.54, 1.807) is 6.08 Å². The predicted molar refractivity (Wildman–Crippen MR) is 217 cm³/mol. The topological polar surface area (TPSA) is 105 Å². The lowest BCUT2D eigenvalue weighted by Crippen LogP contribution is -2.45. The van der Waals surface area contributed by atoms with E-state index in [9.17, 15) is 19.4 Å². The maximum atomic E-state index is 12.7. The molecule has 51 heavy (non-hydrogen) atoms. The summed E-state index contributed by atoms with van der Waals surface area (Å²) in [4.78, 5) is 22.9. The Morgan fingerprint density at radius 2 is 1.08 bits per heavy atom. The van der Waals surface area contributed by atoms with Crippen LogP contribution in [0.2, 0.25) is 0 Å². The molecule has 0 spiro atoms. The van der Waals surface area contributed by atoms with E-state index in [2.05, 4.69) is 43.5 Å². The summed E-state index contributed by atoms with van der Waals surface area (Å²) in [5.74, 6) is -0.200. The molecule has 3 unspecified atom stereocenters. The van der Waals surface area contributed by atoms with Gasteiger partial charge in [-0.3, -0.25) is 13.8 Å². The molecule has 9 heteroatoms. The quantitative estimate of drug-likeness (QED) is 0.0253. The largest absolute Gasteiger partial charge is 0.472 e. The lowest BCUT2D eigenvalue weighted by Gasteiger charge is -2.25. The lowest BCUT2D eigenvalue weighted by atomic mass is 10.0. The Bertz CT molecular complexity index is 933. The fraction of sp³-hybridized carbons (Fsp3) is 0.833. The molecule has 0 saturated heterocycles. The third kappa shape index (κ3) is 36.9. The standard InChI is InChI=1S/C42H81N2O6P/c1-6-8-10-12-14-15-16-17-18-19-20-21-22-23-24-25-26-27-28-30-31-33-35-41(45)40(39-50-51(47,48)49-38-37-44(3,4)5)43-42(46)36-34-32-29-13-11-9-7-2/h23-24,27-28,33,35,40-41,45H,6-22,25-26,29-32,34,36-39H2,1-5H3,(H-,43,46,47,48)/p+1/b24-23+,28-27+,35-33+. The Kier molecular flexibility index (Phi) is 33.6. The van der Waals surface area contributed by atoms with Crippen LogP contribution >= 0.6 is 7.82 Å². The number of allylic oxidation sites excluding steroid dienone is 5. The molecule has 0 bridgehead atoms. The van der Waals surface area contributed by atoms with Gasteiger partial charge in [0.05, 0.1) is 39.9 Å². The molecular formula is C42H82N2O6P+. The average Bonchev–Trinajstić information content (AvgIpc) is 3.07. The number of aliphatic hydroxyl groups is 1. The third-order valence-electron chi connectivity index (χ3n) is 9.09. The van der Waals surface area contributed by atoms with Gasteiger partial charge in [0.25, 0.3) is 0 Å². The smallest absolute Gasteiger partial charge is 0.387 e. The average molecular weight is 742 g/mol. The SMILES string of the molecule is CCCCCCCCCCCCCC/C=C/CC/C=C/CC/C=C/C(O)C(COP(=O)(O)OCC[N+](C)(C)C)NC(=O)CCCCCCCCC. The van der Waals surface area contributed by atoms with E-state index in [4.69, 9.17) is 9.05 Å². The molecule has 0 fully saturated rings. The molecular weight excluding hydrogens is 659 g/mol. The van der Waals surface area contributed by atoms with E-state index < -0.39 is 20.0 Å². The Morgan fingerprint density at radius 1 is 0.647 bits per heavy atom. The van der Waals surface area contributed by atoms with E-state index in [0.717, 1.165) is 44.9 Å². The van der Waals surface area contributed by atoms with Crippen molar-refractivity contribution in [1.82, 2.24) is 5.32 Å². The molecule has 8 nitrogen and oxygen atoms in total. The molecule has 0 aliphatic rings. The summed E-state index contributed by atoms with van der Waals surface area (Å²) in [6.45, 7) is 4.72. The second kappa shape index (κ2) is 34.5. The lowest BCUT2D eigenvalue weighted by molar-refractivity contribution is -0.870. The molecule has 0 aliphatic carbocycles. The normalized spacial score (nSPS) is 14.9. The minimum absolute atomic E-state index is 0.0539. The Labute approximate surface area is 315 Å². The van der Waals surface area contributed by atoms with Gasteiger partial charge < -0.3 is 19.8 Å². The second-order valence-corrected chi connectivity index (χ2v) is 16.8. The number of quaternary nitrogens is 1. The highest BCUT2D eigenvalue weighted by atomic mass is 31.2. The molecule has 3 N–H and O–H groups in total. The molecule has 0 saturated carbocycles. The van der Waals surface area contributed by atoms with Crippen molar-refractivity contribution < 1.29 is 32.9 Å². The molecule has 300 valence electrons. The molecule has 0 heterocycles. The maximum absolute atomic E-state index is 12.7. The van der Waals surface area contributed by atoms with Gasteiger partial charge in [-0.1, -0.05) is 159 Å². The number of amides is 1. The number of unbranched alkanes of at least 4 members (excludes halogenated alkanes) is 20. The summed E-state index contributed by atoms with van der Waals surface area (Å²) in [6.07, 6.45) is 41.0. The highest BCUT2D eigenvalue weighted by molar-refractivity contribution is 7.47. The van der Waals surface area contributed by atoms with E-state index in [1.807, 2.05) is 27.2 Å². The summed E-state index contributed by atoms with van der Waals surface area (Å²) < 4.78 is 23.4. The molecule has 3 atom stereocenters. The number of hydrogen-bond acceptors (Lipinski definition) is 5. The first-order valence-electron chi connectivity index (χ1n) is 20.9. The van der Waals surface area contributed by atoms with Crippen molar-refractivity contribution in [1.29, 1.82) is 0 Å². The van der Waals surface area contributed by atoms with Crippen molar-refractivity contribution in [2.75, 3.05) is 40.9 Å². The van der Waals surface area contributed by atoms with Gasteiger partial charge in [0.1, 0.15) is 13.2 Å². The van der Waals surface area contributed by atoms with Crippen molar-refractivity contribution in [2.45, 2.75) is 187 Å². The number of hydrogen-bond donors (Lipinski definition) is 3. The highest BCUT2D eigenvalue weighted by Crippen LogP contribution is 2.43. The van der Waals surface area contributed by atoms with Crippen molar-refractivity contribution >= 4 is 13.7 Å². The van der Waals surface area contributed by atoms with Crippen LogP contribution in [-0.2, 0) is 18.4 Å². The third-order valence-corrected chi connectivity index (χ3v) is 10.1. The van der Waals surface area contributed by atoms with E-state index in [1.165, 1.54) is 109 Å². The predicted octanol–water partition coefficient (Wildman–Crippen LogP) is 11.1. The van der Waals surface area contributed by atoms with Gasteiger partial charge in [0.15, 0.2) is 0 Å². The summed E-state index contributed by atoms with van der Waals surface area (Å²) in [7, 11) is 1.54. The number of aliphatic hydroxyl groups excluding tert-OH is 1. The maximum Gasteiger partial charge on any atom is 0.472 e. The van der Waals surface area contributed by atoms with Crippen LogP contribution in [0.5, 0.6) is 0 Å². The number of rotatable bonds is 37. The second-order valence-electron chi connectivity index (χ2n) is 15.4. The van der Waals surface area contributed by atoms with E-state index >= 15 is 0 Å². The van der Waals surface area contributed by atoms with Gasteiger partial charge in [0.2, 0.25) is 5.91 Å². The molecule has 0 aromatic carbocycles. The molecule has 0 aromatic heterocycles. The minimum atomic E-state index is -4.34. The van der Waals surface area contributed by atoms with Gasteiger partial charge >= 0.3 is 7.82 Å². The minimum Gasteiger partial charge on any atom is -0.387 e. The Hall–Kier alpha value is -1.28. The fourth-order valence-corrected chi connectivity index (χ4v) is 6.45. The first-order valence-corrected chi connectivity index (χ1v) is 22.4. The first kappa shape index (κ1) is 49.7. The molecule has 0 radical (unpaired) electrons. The van der Waals surface area contributed by atoms with Crippen LogP contribution in [0.25, 0.3) is 0 Å². The monoisotopic (exact) mass is 742 g/mol. The zero-order chi connectivity index (χ0) is 37.9. The van der Waals surface area contributed by atoms with Crippen LogP contribution in [0.3, 0.4) is 0 Å². The molecule has 0 rings (SSSR count). The van der Waals surface area contributed by atoms with Crippen LogP contribution < -0.4 is 5.32 Å². The molecule has 0 aromatic rings. The van der Waals surface area contributed by atoms with Crippen LogP contribution in [0.15, 0.2) is 36.5 Å². The van der Waals surface area contributed by atoms with Crippen molar-refractivity contribution in [3.63, 3.8) is 0 Å².